The fourth-order valence-electron chi connectivity index (χ4n) is 10.2. The molecule has 1 aliphatic rings. The van der Waals surface area contributed by atoms with E-state index in [4.69, 9.17) is 27.5 Å². The van der Waals surface area contributed by atoms with E-state index in [0.29, 0.717) is 44.0 Å². The van der Waals surface area contributed by atoms with Crippen LogP contribution in [0.25, 0.3) is 94.3 Å². The van der Waals surface area contributed by atoms with E-state index in [1.165, 1.54) is 81.3 Å². The third-order valence-electron chi connectivity index (χ3n) is 13.6. The molecule has 2 atom stereocenters. The average molecular weight is 989 g/mol. The Labute approximate surface area is 402 Å². The molecule has 0 amide bonds. The van der Waals surface area contributed by atoms with Crippen molar-refractivity contribution in [3.8, 4) is 51.8 Å². The molecule has 0 radical (unpaired) electrons. The lowest BCUT2D eigenvalue weighted by atomic mass is 10.0. The molecule has 330 valence electrons. The molecule has 65 heavy (non-hydrogen) atoms. The minimum atomic E-state index is -2.51. The van der Waals surface area contributed by atoms with E-state index >= 15 is 8.78 Å². The largest absolute Gasteiger partial charge is 0.236 e. The first-order valence-corrected chi connectivity index (χ1v) is 29.9. The van der Waals surface area contributed by atoms with Gasteiger partial charge in [0.2, 0.25) is 0 Å². The highest BCUT2D eigenvalue weighted by molar-refractivity contribution is 7.32. The van der Waals surface area contributed by atoms with Gasteiger partial charge in [-0.05, 0) is 82.8 Å². The van der Waals surface area contributed by atoms with Gasteiger partial charge in [0.05, 0.1) is 55.0 Å². The van der Waals surface area contributed by atoms with Crippen LogP contribution in [-0.4, -0.2) is 35.5 Å². The predicted molar refractivity (Wildman–Crippen MR) is 279 cm³/mol. The Balaban J connectivity index is 1.10. The number of thiophene rings is 2. The minimum Gasteiger partial charge on any atom is -0.236 e. The quantitative estimate of drug-likeness (QED) is 0.0898. The first-order chi connectivity index (χ1) is 31.8. The van der Waals surface area contributed by atoms with Crippen molar-refractivity contribution in [1.29, 1.82) is 0 Å². The Morgan fingerprint density at radius 3 is 1.38 bits per heavy atom. The summed E-state index contributed by atoms with van der Waals surface area (Å²) in [5.74, 6) is 0.499. The van der Waals surface area contributed by atoms with Crippen molar-refractivity contribution >= 4 is 130 Å². The molecule has 0 saturated heterocycles. The van der Waals surface area contributed by atoms with Gasteiger partial charge in [-0.15, -0.1) is 45.3 Å². The molecular formula is C50H46F2N6S6Si. The normalized spacial score (nSPS) is 14.3. The molecule has 10 aromatic rings. The zero-order chi connectivity index (χ0) is 44.4. The van der Waals surface area contributed by atoms with Crippen LogP contribution in [0.1, 0.15) is 79.1 Å². The van der Waals surface area contributed by atoms with Gasteiger partial charge in [-0.1, -0.05) is 103 Å². The fourth-order valence-corrected chi connectivity index (χ4v) is 23.8. The summed E-state index contributed by atoms with van der Waals surface area (Å²) in [5.41, 5.74) is 6.68. The number of hydrogen-bond donors (Lipinski definition) is 0. The number of thiazole rings is 2. The summed E-state index contributed by atoms with van der Waals surface area (Å²) in [7, 11) is -2.51. The lowest BCUT2D eigenvalue weighted by Gasteiger charge is -2.35. The predicted octanol–water partition coefficient (Wildman–Crippen LogP) is 16.0. The molecule has 0 spiro atoms. The maximum absolute atomic E-state index is 16.8. The van der Waals surface area contributed by atoms with E-state index in [-0.39, 0.29) is 11.6 Å². The highest BCUT2D eigenvalue weighted by Crippen LogP contribution is 2.51. The molecule has 2 unspecified atom stereocenters. The number of aromatic nitrogens is 6. The first kappa shape index (κ1) is 43.4. The fraction of sp³-hybridized carbons (Fsp3) is 0.320. The molecule has 0 saturated carbocycles. The van der Waals surface area contributed by atoms with Gasteiger partial charge in [0, 0.05) is 30.6 Å². The van der Waals surface area contributed by atoms with Crippen LogP contribution in [-0.2, 0) is 0 Å². The van der Waals surface area contributed by atoms with Crippen LogP contribution < -0.4 is 10.4 Å². The third kappa shape index (κ3) is 7.44. The van der Waals surface area contributed by atoms with Crippen LogP contribution in [0.5, 0.6) is 0 Å². The lowest BCUT2D eigenvalue weighted by Crippen LogP contribution is -2.56. The van der Waals surface area contributed by atoms with E-state index < -0.39 is 8.07 Å². The van der Waals surface area contributed by atoms with Crippen LogP contribution in [0, 0.1) is 23.5 Å². The number of nitrogens with zero attached hydrogens (tertiary/aromatic N) is 6. The maximum atomic E-state index is 16.8. The summed E-state index contributed by atoms with van der Waals surface area (Å²) in [5, 5.41) is 4.21. The second-order valence-electron chi connectivity index (χ2n) is 17.5. The maximum Gasteiger partial charge on any atom is 0.136 e. The number of benzene rings is 4. The summed E-state index contributed by atoms with van der Waals surface area (Å²) in [4.78, 5) is 14.3. The van der Waals surface area contributed by atoms with Crippen LogP contribution in [0.15, 0.2) is 72.8 Å². The Morgan fingerprint density at radius 1 is 0.538 bits per heavy atom. The molecule has 6 nitrogen and oxygen atoms in total. The second-order valence-corrected chi connectivity index (χ2v) is 26.8. The topological polar surface area (TPSA) is 77.3 Å². The van der Waals surface area contributed by atoms with Gasteiger partial charge in [-0.25, -0.2) is 18.7 Å². The Morgan fingerprint density at radius 2 is 0.969 bits per heavy atom. The van der Waals surface area contributed by atoms with Crippen molar-refractivity contribution in [1.82, 2.24) is 27.5 Å². The van der Waals surface area contributed by atoms with E-state index in [0.717, 1.165) is 101 Å². The monoisotopic (exact) mass is 988 g/mol. The molecule has 6 aromatic heterocycles. The number of rotatable bonds is 16. The molecule has 1 aliphatic heterocycles. The van der Waals surface area contributed by atoms with Crippen molar-refractivity contribution in [2.24, 2.45) is 11.8 Å². The van der Waals surface area contributed by atoms with Crippen LogP contribution in [0.2, 0.25) is 12.1 Å². The summed E-state index contributed by atoms with van der Waals surface area (Å²) in [6.07, 6.45) is 9.45. The molecule has 11 rings (SSSR count). The third-order valence-corrected chi connectivity index (χ3v) is 25.0. The smallest absolute Gasteiger partial charge is 0.136 e. The van der Waals surface area contributed by atoms with Crippen molar-refractivity contribution < 1.29 is 8.78 Å². The van der Waals surface area contributed by atoms with Gasteiger partial charge in [0.1, 0.15) is 51.8 Å². The summed E-state index contributed by atoms with van der Waals surface area (Å²) < 4.78 is 54.8. The zero-order valence-electron chi connectivity index (χ0n) is 36.5. The lowest BCUT2D eigenvalue weighted by molar-refractivity contribution is 0.469. The van der Waals surface area contributed by atoms with E-state index in [1.54, 1.807) is 34.8 Å². The summed E-state index contributed by atoms with van der Waals surface area (Å²) in [6, 6.07) is 26.5. The minimum absolute atomic E-state index is 0.330. The molecule has 0 aliphatic carbocycles. The van der Waals surface area contributed by atoms with Crippen LogP contribution in [0.4, 0.5) is 8.78 Å². The standard InChI is InChI=1S/C50H46F2N6S6Si/c1-5-9-15-27(7-3)25-65(26-28(8-4)16-10-6-2)39-23-37(29-21-31(51)41(45-43(29)55-63-57-45)49-53-33-17-11-13-19-35(33)61-49)59-47(39)48-40(65)24-38(60-48)30-22-32(52)42(46-44(30)56-64-58-46)50-54-34-18-12-14-20-36(34)62-50/h11-14,17-24,27-28H,5-10,15-16,25-26H2,1-4H3. The Bertz CT molecular complexity index is 3090. The molecule has 15 heteroatoms. The molecule has 7 heterocycles. The average Bonchev–Trinajstić information content (AvgIpc) is 4.18. The van der Waals surface area contributed by atoms with Crippen LogP contribution in [0.3, 0.4) is 0 Å². The van der Waals surface area contributed by atoms with Crippen molar-refractivity contribution in [2.45, 2.75) is 91.1 Å². The molecule has 0 bridgehead atoms. The van der Waals surface area contributed by atoms with Gasteiger partial charge in [0.15, 0.2) is 0 Å². The molecule has 0 fully saturated rings. The number of para-hydroxylation sites is 2. The van der Waals surface area contributed by atoms with E-state index in [9.17, 15) is 0 Å². The van der Waals surface area contributed by atoms with Gasteiger partial charge in [-0.3, -0.25) is 0 Å². The van der Waals surface area contributed by atoms with E-state index in [1.807, 2.05) is 48.5 Å². The SMILES string of the molecule is CCCCC(CC)C[Si]1(CC(CC)CCCC)c2cc(-c3cc(F)c(-c4nc5ccccc5s4)c4nsnc34)sc2-c2sc(-c3cc(F)c(-c4nc5ccccc5s4)c4nsnc34)cc21. The van der Waals surface area contributed by atoms with Crippen molar-refractivity contribution in [2.75, 3.05) is 0 Å². The zero-order valence-corrected chi connectivity index (χ0v) is 42.4. The van der Waals surface area contributed by atoms with Gasteiger partial charge >= 0.3 is 0 Å². The summed E-state index contributed by atoms with van der Waals surface area (Å²) in [6.45, 7) is 9.33. The van der Waals surface area contributed by atoms with E-state index in [2.05, 4.69) is 39.8 Å². The van der Waals surface area contributed by atoms with Gasteiger partial charge < -0.3 is 0 Å². The summed E-state index contributed by atoms with van der Waals surface area (Å²) >= 11 is 8.77. The van der Waals surface area contributed by atoms with Gasteiger partial charge in [-0.2, -0.15) is 17.5 Å². The number of unbranched alkanes of at least 4 members (excludes halogenated alkanes) is 2. The molecule has 4 aromatic carbocycles. The molecular weight excluding hydrogens is 943 g/mol. The van der Waals surface area contributed by atoms with Crippen LogP contribution >= 0.6 is 68.8 Å². The first-order valence-electron chi connectivity index (χ1n) is 22.7. The highest BCUT2D eigenvalue weighted by Gasteiger charge is 2.50. The van der Waals surface area contributed by atoms with Crippen molar-refractivity contribution in [3.63, 3.8) is 0 Å². The number of fused-ring (bicyclic) bond motifs is 7. The number of hydrogen-bond acceptors (Lipinski definition) is 12. The van der Waals surface area contributed by atoms with Crippen molar-refractivity contribution in [3.05, 3.63) is 84.4 Å². The highest BCUT2D eigenvalue weighted by atomic mass is 32.1. The Kier molecular flexibility index (Phi) is 11.9. The number of halogens is 2. The Hall–Kier alpha value is -4.22. The molecule has 0 N–H and O–H groups in total. The second kappa shape index (κ2) is 17.8. The van der Waals surface area contributed by atoms with Gasteiger partial charge in [0.25, 0.3) is 0 Å².